The van der Waals surface area contributed by atoms with E-state index in [4.69, 9.17) is 9.47 Å². The van der Waals surface area contributed by atoms with Crippen molar-refractivity contribution in [3.63, 3.8) is 0 Å². The molecular formula is C16H26N2O3. The number of hydrogen-bond donors (Lipinski definition) is 1. The van der Waals surface area contributed by atoms with E-state index in [0.29, 0.717) is 12.3 Å². The Morgan fingerprint density at radius 2 is 1.95 bits per heavy atom. The summed E-state index contributed by atoms with van der Waals surface area (Å²) >= 11 is 0. The lowest BCUT2D eigenvalue weighted by Crippen LogP contribution is -2.32. The highest BCUT2D eigenvalue weighted by Crippen LogP contribution is 2.30. The SMILES string of the molecule is COc1ccc(OC)c(C(O)CN2CCCN(C)CC2)c1. The number of aliphatic hydroxyl groups excluding tert-OH is 1. The van der Waals surface area contributed by atoms with E-state index in [9.17, 15) is 5.11 Å². The second-order valence-electron chi connectivity index (χ2n) is 5.58. The van der Waals surface area contributed by atoms with Crippen LogP contribution in [-0.2, 0) is 0 Å². The number of benzene rings is 1. The van der Waals surface area contributed by atoms with Crippen LogP contribution in [0.15, 0.2) is 18.2 Å². The fourth-order valence-electron chi connectivity index (χ4n) is 2.73. The van der Waals surface area contributed by atoms with Gasteiger partial charge in [0, 0.05) is 25.2 Å². The first kappa shape index (κ1) is 16.1. The number of ether oxygens (including phenoxy) is 2. The van der Waals surface area contributed by atoms with Gasteiger partial charge in [-0.05, 0) is 44.8 Å². The van der Waals surface area contributed by atoms with Crippen molar-refractivity contribution in [2.24, 2.45) is 0 Å². The fourth-order valence-corrected chi connectivity index (χ4v) is 2.73. The summed E-state index contributed by atoms with van der Waals surface area (Å²) in [5, 5.41) is 10.6. The van der Waals surface area contributed by atoms with Gasteiger partial charge in [-0.15, -0.1) is 0 Å². The Morgan fingerprint density at radius 3 is 2.67 bits per heavy atom. The van der Waals surface area contributed by atoms with Crippen LogP contribution < -0.4 is 9.47 Å². The van der Waals surface area contributed by atoms with Crippen molar-refractivity contribution in [3.05, 3.63) is 23.8 Å². The van der Waals surface area contributed by atoms with E-state index >= 15 is 0 Å². The number of aliphatic hydroxyl groups is 1. The second-order valence-corrected chi connectivity index (χ2v) is 5.58. The molecule has 1 aliphatic heterocycles. The minimum absolute atomic E-state index is 0.571. The van der Waals surface area contributed by atoms with Gasteiger partial charge in [0.05, 0.1) is 20.3 Å². The highest BCUT2D eigenvalue weighted by atomic mass is 16.5. The molecule has 118 valence electrons. The van der Waals surface area contributed by atoms with Gasteiger partial charge in [0.1, 0.15) is 11.5 Å². The molecule has 1 atom stereocenters. The predicted octanol–water partition coefficient (Wildman–Crippen LogP) is 1.37. The Hall–Kier alpha value is -1.30. The van der Waals surface area contributed by atoms with Crippen LogP contribution in [0.5, 0.6) is 11.5 Å². The molecule has 0 saturated carbocycles. The van der Waals surface area contributed by atoms with E-state index < -0.39 is 6.10 Å². The Kier molecular flexibility index (Phi) is 5.85. The highest BCUT2D eigenvalue weighted by molar-refractivity contribution is 5.41. The van der Waals surface area contributed by atoms with Gasteiger partial charge >= 0.3 is 0 Å². The molecule has 0 bridgehead atoms. The molecule has 5 heteroatoms. The van der Waals surface area contributed by atoms with Gasteiger partial charge in [-0.25, -0.2) is 0 Å². The van der Waals surface area contributed by atoms with Crippen LogP contribution >= 0.6 is 0 Å². The lowest BCUT2D eigenvalue weighted by Gasteiger charge is -2.24. The molecule has 1 aliphatic rings. The van der Waals surface area contributed by atoms with E-state index in [2.05, 4.69) is 16.8 Å². The highest BCUT2D eigenvalue weighted by Gasteiger charge is 2.19. The van der Waals surface area contributed by atoms with Crippen LogP contribution in [0, 0.1) is 0 Å². The van der Waals surface area contributed by atoms with Gasteiger partial charge in [0.2, 0.25) is 0 Å². The van der Waals surface area contributed by atoms with Crippen molar-refractivity contribution in [3.8, 4) is 11.5 Å². The Morgan fingerprint density at radius 1 is 1.14 bits per heavy atom. The number of nitrogens with zero attached hydrogens (tertiary/aromatic N) is 2. The van der Waals surface area contributed by atoms with Gasteiger partial charge in [-0.1, -0.05) is 0 Å². The minimum Gasteiger partial charge on any atom is -0.497 e. The van der Waals surface area contributed by atoms with Crippen molar-refractivity contribution in [2.75, 3.05) is 54.0 Å². The third kappa shape index (κ3) is 4.33. The van der Waals surface area contributed by atoms with E-state index in [1.165, 1.54) is 0 Å². The van der Waals surface area contributed by atoms with Crippen molar-refractivity contribution in [1.82, 2.24) is 9.80 Å². The molecule has 1 N–H and O–H groups in total. The summed E-state index contributed by atoms with van der Waals surface area (Å²) in [7, 11) is 5.40. The average molecular weight is 294 g/mol. The zero-order chi connectivity index (χ0) is 15.2. The standard InChI is InChI=1S/C16H26N2O3/c1-17-7-4-8-18(10-9-17)12-15(19)14-11-13(20-2)5-6-16(14)21-3/h5-6,11,15,19H,4,7-10,12H2,1-3H3. The summed E-state index contributed by atoms with van der Waals surface area (Å²) in [4.78, 5) is 4.64. The Labute approximate surface area is 127 Å². The molecule has 1 fully saturated rings. The van der Waals surface area contributed by atoms with Gasteiger partial charge in [0.25, 0.3) is 0 Å². The zero-order valence-corrected chi connectivity index (χ0v) is 13.2. The van der Waals surface area contributed by atoms with Crippen molar-refractivity contribution in [1.29, 1.82) is 0 Å². The summed E-state index contributed by atoms with van der Waals surface area (Å²) in [6.07, 6.45) is 0.566. The summed E-state index contributed by atoms with van der Waals surface area (Å²) in [5.41, 5.74) is 0.787. The van der Waals surface area contributed by atoms with Crippen molar-refractivity contribution in [2.45, 2.75) is 12.5 Å². The molecule has 2 rings (SSSR count). The molecule has 0 radical (unpaired) electrons. The second kappa shape index (κ2) is 7.64. The lowest BCUT2D eigenvalue weighted by molar-refractivity contribution is 0.112. The van der Waals surface area contributed by atoms with Gasteiger partial charge in [0.15, 0.2) is 0 Å². The van der Waals surface area contributed by atoms with Crippen molar-refractivity contribution < 1.29 is 14.6 Å². The molecular weight excluding hydrogens is 268 g/mol. The van der Waals surface area contributed by atoms with E-state index in [-0.39, 0.29) is 0 Å². The summed E-state index contributed by atoms with van der Waals surface area (Å²) in [5.74, 6) is 1.44. The number of likely N-dealkylation sites (N-methyl/N-ethyl adjacent to an activating group) is 1. The molecule has 21 heavy (non-hydrogen) atoms. The van der Waals surface area contributed by atoms with Crippen LogP contribution in [-0.4, -0.2) is 68.9 Å². The van der Waals surface area contributed by atoms with E-state index in [1.54, 1.807) is 14.2 Å². The average Bonchev–Trinajstić information content (AvgIpc) is 2.71. The van der Waals surface area contributed by atoms with E-state index in [1.807, 2.05) is 18.2 Å². The third-order valence-electron chi connectivity index (χ3n) is 4.04. The lowest BCUT2D eigenvalue weighted by atomic mass is 10.1. The first-order chi connectivity index (χ1) is 10.1. The number of rotatable bonds is 5. The maximum Gasteiger partial charge on any atom is 0.124 e. The number of β-amino-alcohol motifs (C(OH)–C–C–N with tert-alkyl or cyclic N) is 1. The fraction of sp³-hybridized carbons (Fsp3) is 0.625. The summed E-state index contributed by atoms with van der Waals surface area (Å²) in [6, 6.07) is 5.54. The molecule has 5 nitrogen and oxygen atoms in total. The maximum atomic E-state index is 10.6. The minimum atomic E-state index is -0.571. The van der Waals surface area contributed by atoms with Gasteiger partial charge < -0.3 is 19.5 Å². The molecule has 0 spiro atoms. The zero-order valence-electron chi connectivity index (χ0n) is 13.2. The largest absolute Gasteiger partial charge is 0.497 e. The van der Waals surface area contributed by atoms with Crippen LogP contribution in [0.1, 0.15) is 18.1 Å². The molecule has 0 aliphatic carbocycles. The molecule has 1 unspecified atom stereocenters. The van der Waals surface area contributed by atoms with Gasteiger partial charge in [-0.2, -0.15) is 0 Å². The quantitative estimate of drug-likeness (QED) is 0.889. The monoisotopic (exact) mass is 294 g/mol. The Balaban J connectivity index is 2.06. The molecule has 1 heterocycles. The Bertz CT molecular complexity index is 453. The van der Waals surface area contributed by atoms with Crippen LogP contribution in [0.2, 0.25) is 0 Å². The number of methoxy groups -OCH3 is 2. The first-order valence-corrected chi connectivity index (χ1v) is 7.45. The van der Waals surface area contributed by atoms with E-state index in [0.717, 1.165) is 43.9 Å². The predicted molar refractivity (Wildman–Crippen MR) is 83.1 cm³/mol. The van der Waals surface area contributed by atoms with Crippen LogP contribution in [0.3, 0.4) is 0 Å². The number of hydrogen-bond acceptors (Lipinski definition) is 5. The molecule has 0 amide bonds. The first-order valence-electron chi connectivity index (χ1n) is 7.45. The molecule has 1 aromatic rings. The molecule has 1 aromatic carbocycles. The normalized spacial score (nSPS) is 19.0. The third-order valence-corrected chi connectivity index (χ3v) is 4.04. The summed E-state index contributed by atoms with van der Waals surface area (Å²) < 4.78 is 10.6. The summed E-state index contributed by atoms with van der Waals surface area (Å²) in [6.45, 7) is 4.79. The topological polar surface area (TPSA) is 45.2 Å². The smallest absolute Gasteiger partial charge is 0.124 e. The maximum absolute atomic E-state index is 10.6. The molecule has 0 aromatic heterocycles. The van der Waals surface area contributed by atoms with Gasteiger partial charge in [-0.3, -0.25) is 4.90 Å². The van der Waals surface area contributed by atoms with Crippen LogP contribution in [0.25, 0.3) is 0 Å². The van der Waals surface area contributed by atoms with Crippen LogP contribution in [0.4, 0.5) is 0 Å². The molecule has 1 saturated heterocycles. The van der Waals surface area contributed by atoms with Crippen molar-refractivity contribution >= 4 is 0 Å².